The van der Waals surface area contributed by atoms with Crippen molar-refractivity contribution in [3.63, 3.8) is 0 Å². The maximum atomic E-state index is 11.8. The van der Waals surface area contributed by atoms with Crippen molar-refractivity contribution < 1.29 is 29.3 Å². The molecular weight excluding hydrogens is 268 g/mol. The molecule has 0 saturated carbocycles. The Bertz CT molecular complexity index is 516. The zero-order valence-corrected chi connectivity index (χ0v) is 10.7. The quantitative estimate of drug-likeness (QED) is 0.623. The molecule has 3 N–H and O–H groups in total. The first-order valence-electron chi connectivity index (χ1n) is 5.70. The van der Waals surface area contributed by atoms with E-state index in [9.17, 15) is 19.5 Å². The lowest BCUT2D eigenvalue weighted by atomic mass is 10.1. The van der Waals surface area contributed by atoms with Gasteiger partial charge in [-0.2, -0.15) is 0 Å². The Kier molecular flexibility index (Phi) is 5.45. The van der Waals surface area contributed by atoms with E-state index in [1.165, 1.54) is 25.4 Å². The molecule has 0 fully saturated rings. The second kappa shape index (κ2) is 7.07. The standard InChI is InChI=1S/C12H14N2O6/c1-20-9(16)5-4-7(12(18)19)14-11(17)10-8(15)3-2-6-13-10/h2-3,6-7,15H,4-5H2,1H3,(H,14,17)(H,18,19). The van der Waals surface area contributed by atoms with Gasteiger partial charge in [0.1, 0.15) is 11.8 Å². The summed E-state index contributed by atoms with van der Waals surface area (Å²) in [6.45, 7) is 0. The van der Waals surface area contributed by atoms with Gasteiger partial charge >= 0.3 is 11.9 Å². The summed E-state index contributed by atoms with van der Waals surface area (Å²) < 4.78 is 4.39. The van der Waals surface area contributed by atoms with Gasteiger partial charge < -0.3 is 20.3 Å². The number of amides is 1. The van der Waals surface area contributed by atoms with Crippen LogP contribution < -0.4 is 5.32 Å². The number of carbonyl (C=O) groups is 3. The number of methoxy groups -OCH3 is 1. The SMILES string of the molecule is COC(=O)CCC(NC(=O)c1ncccc1O)C(=O)O. The van der Waals surface area contributed by atoms with E-state index >= 15 is 0 Å². The van der Waals surface area contributed by atoms with E-state index in [1.54, 1.807) is 0 Å². The number of aromatic hydroxyl groups is 1. The third-order valence-electron chi connectivity index (χ3n) is 2.47. The first-order chi connectivity index (χ1) is 9.45. The van der Waals surface area contributed by atoms with Gasteiger partial charge in [-0.05, 0) is 18.6 Å². The van der Waals surface area contributed by atoms with Gasteiger partial charge in [-0.3, -0.25) is 9.59 Å². The van der Waals surface area contributed by atoms with Gasteiger partial charge in [-0.25, -0.2) is 9.78 Å². The molecule has 0 aliphatic carbocycles. The molecule has 0 saturated heterocycles. The molecule has 0 aliphatic rings. The number of aromatic nitrogens is 1. The topological polar surface area (TPSA) is 126 Å². The van der Waals surface area contributed by atoms with Crippen LogP contribution in [-0.4, -0.2) is 46.2 Å². The Morgan fingerprint density at radius 2 is 2.15 bits per heavy atom. The molecule has 0 aromatic carbocycles. The number of nitrogens with one attached hydrogen (secondary N) is 1. The summed E-state index contributed by atoms with van der Waals surface area (Å²) >= 11 is 0. The summed E-state index contributed by atoms with van der Waals surface area (Å²) in [5, 5.41) is 20.6. The number of ether oxygens (including phenoxy) is 1. The van der Waals surface area contributed by atoms with Crippen LogP contribution in [0.2, 0.25) is 0 Å². The number of pyridine rings is 1. The normalized spacial score (nSPS) is 11.4. The Hall–Kier alpha value is -2.64. The number of esters is 1. The van der Waals surface area contributed by atoms with E-state index in [4.69, 9.17) is 5.11 Å². The van der Waals surface area contributed by atoms with Crippen LogP contribution in [0.4, 0.5) is 0 Å². The predicted octanol–water partition coefficient (Wildman–Crippen LogP) is -0.0766. The van der Waals surface area contributed by atoms with Crippen molar-refractivity contribution in [2.24, 2.45) is 0 Å². The van der Waals surface area contributed by atoms with Gasteiger partial charge in [-0.1, -0.05) is 0 Å². The van der Waals surface area contributed by atoms with E-state index in [0.717, 1.165) is 0 Å². The second-order valence-electron chi connectivity index (χ2n) is 3.85. The van der Waals surface area contributed by atoms with Crippen molar-refractivity contribution in [2.75, 3.05) is 7.11 Å². The van der Waals surface area contributed by atoms with Crippen LogP contribution in [0.1, 0.15) is 23.3 Å². The molecule has 1 heterocycles. The summed E-state index contributed by atoms with van der Waals surface area (Å²) in [6, 6.07) is 1.41. The number of carboxylic acid groups (broad SMARTS) is 1. The molecule has 0 bridgehead atoms. The van der Waals surface area contributed by atoms with Crippen LogP contribution in [0.5, 0.6) is 5.75 Å². The molecule has 0 spiro atoms. The van der Waals surface area contributed by atoms with Gasteiger partial charge in [0.2, 0.25) is 0 Å². The van der Waals surface area contributed by atoms with E-state index < -0.39 is 23.9 Å². The minimum Gasteiger partial charge on any atom is -0.505 e. The molecule has 0 aliphatic heterocycles. The fourth-order valence-corrected chi connectivity index (χ4v) is 1.42. The first-order valence-corrected chi connectivity index (χ1v) is 5.70. The average molecular weight is 282 g/mol. The number of hydrogen-bond acceptors (Lipinski definition) is 6. The number of hydrogen-bond donors (Lipinski definition) is 3. The summed E-state index contributed by atoms with van der Waals surface area (Å²) in [7, 11) is 1.18. The van der Waals surface area contributed by atoms with Crippen LogP contribution in [0.25, 0.3) is 0 Å². The maximum absolute atomic E-state index is 11.8. The fourth-order valence-electron chi connectivity index (χ4n) is 1.42. The lowest BCUT2D eigenvalue weighted by molar-refractivity contribution is -0.142. The van der Waals surface area contributed by atoms with Gasteiger partial charge in [0.15, 0.2) is 5.69 Å². The molecule has 1 unspecified atom stereocenters. The lowest BCUT2D eigenvalue weighted by Gasteiger charge is -2.13. The van der Waals surface area contributed by atoms with Gasteiger partial charge in [-0.15, -0.1) is 0 Å². The minimum absolute atomic E-state index is 0.124. The number of nitrogens with zero attached hydrogens (tertiary/aromatic N) is 1. The Labute approximate surface area is 114 Å². The molecule has 1 amide bonds. The van der Waals surface area contributed by atoms with Crippen molar-refractivity contribution in [2.45, 2.75) is 18.9 Å². The Morgan fingerprint density at radius 3 is 2.70 bits per heavy atom. The highest BCUT2D eigenvalue weighted by Gasteiger charge is 2.23. The Balaban J connectivity index is 2.71. The number of carboxylic acids is 1. The van der Waals surface area contributed by atoms with Gasteiger partial charge in [0.05, 0.1) is 7.11 Å². The highest BCUT2D eigenvalue weighted by atomic mass is 16.5. The molecule has 1 aromatic heterocycles. The summed E-state index contributed by atoms with van der Waals surface area (Å²) in [6.07, 6.45) is 1.02. The van der Waals surface area contributed by atoms with Crippen molar-refractivity contribution >= 4 is 17.8 Å². The predicted molar refractivity (Wildman–Crippen MR) is 66.0 cm³/mol. The molecular formula is C12H14N2O6. The monoisotopic (exact) mass is 282 g/mol. The van der Waals surface area contributed by atoms with E-state index in [0.29, 0.717) is 0 Å². The fraction of sp³-hybridized carbons (Fsp3) is 0.333. The van der Waals surface area contributed by atoms with Gasteiger partial charge in [0, 0.05) is 12.6 Å². The zero-order valence-electron chi connectivity index (χ0n) is 10.7. The smallest absolute Gasteiger partial charge is 0.326 e. The molecule has 8 heteroatoms. The maximum Gasteiger partial charge on any atom is 0.326 e. The molecule has 1 aromatic rings. The lowest BCUT2D eigenvalue weighted by Crippen LogP contribution is -2.41. The highest BCUT2D eigenvalue weighted by Crippen LogP contribution is 2.12. The molecule has 0 radical (unpaired) electrons. The zero-order chi connectivity index (χ0) is 15.1. The minimum atomic E-state index is -1.29. The molecule has 20 heavy (non-hydrogen) atoms. The number of rotatable bonds is 6. The summed E-state index contributed by atoms with van der Waals surface area (Å²) in [5.74, 6) is -3.06. The van der Waals surface area contributed by atoms with Crippen molar-refractivity contribution in [1.29, 1.82) is 0 Å². The van der Waals surface area contributed by atoms with E-state index in [2.05, 4.69) is 15.0 Å². The van der Waals surface area contributed by atoms with Crippen LogP contribution in [0, 0.1) is 0 Å². The third-order valence-corrected chi connectivity index (χ3v) is 2.47. The van der Waals surface area contributed by atoms with Crippen LogP contribution in [0.15, 0.2) is 18.3 Å². The Morgan fingerprint density at radius 1 is 1.45 bits per heavy atom. The first kappa shape index (κ1) is 15.4. The summed E-state index contributed by atoms with van der Waals surface area (Å²) in [5.41, 5.74) is -0.281. The van der Waals surface area contributed by atoms with Crippen LogP contribution in [-0.2, 0) is 14.3 Å². The number of carbonyl (C=O) groups excluding carboxylic acids is 2. The third kappa shape index (κ3) is 4.23. The molecule has 8 nitrogen and oxygen atoms in total. The highest BCUT2D eigenvalue weighted by molar-refractivity contribution is 5.97. The average Bonchev–Trinajstić information content (AvgIpc) is 2.42. The van der Waals surface area contributed by atoms with E-state index in [1.807, 2.05) is 0 Å². The molecule has 1 atom stereocenters. The van der Waals surface area contributed by atoms with Crippen molar-refractivity contribution in [3.05, 3.63) is 24.0 Å². The van der Waals surface area contributed by atoms with Crippen molar-refractivity contribution in [1.82, 2.24) is 10.3 Å². The molecule has 108 valence electrons. The van der Waals surface area contributed by atoms with Crippen LogP contribution >= 0.6 is 0 Å². The van der Waals surface area contributed by atoms with Crippen molar-refractivity contribution in [3.8, 4) is 5.75 Å². The van der Waals surface area contributed by atoms with Crippen LogP contribution in [0.3, 0.4) is 0 Å². The van der Waals surface area contributed by atoms with E-state index in [-0.39, 0.29) is 24.3 Å². The number of aliphatic carboxylic acids is 1. The second-order valence-corrected chi connectivity index (χ2v) is 3.85. The molecule has 1 rings (SSSR count). The largest absolute Gasteiger partial charge is 0.505 e. The summed E-state index contributed by atoms with van der Waals surface area (Å²) in [4.78, 5) is 37.4. The van der Waals surface area contributed by atoms with Gasteiger partial charge in [0.25, 0.3) is 5.91 Å².